The van der Waals surface area contributed by atoms with Crippen LogP contribution in [0.15, 0.2) is 42.6 Å². The zero-order valence-electron chi connectivity index (χ0n) is 16.1. The van der Waals surface area contributed by atoms with E-state index in [0.29, 0.717) is 32.7 Å². The summed E-state index contributed by atoms with van der Waals surface area (Å²) in [4.78, 5) is 30.4. The van der Waals surface area contributed by atoms with Crippen LogP contribution in [0.25, 0.3) is 0 Å². The normalized spacial score (nSPS) is 20.1. The van der Waals surface area contributed by atoms with Gasteiger partial charge in [0.2, 0.25) is 11.8 Å². The van der Waals surface area contributed by atoms with Crippen LogP contribution in [-0.4, -0.2) is 70.3 Å². The Morgan fingerprint density at radius 3 is 2.39 bits per heavy atom. The molecule has 1 saturated heterocycles. The summed E-state index contributed by atoms with van der Waals surface area (Å²) in [5.74, 6) is 0.183. The lowest BCUT2D eigenvalue weighted by molar-refractivity contribution is -0.139. The van der Waals surface area contributed by atoms with Crippen LogP contribution in [-0.2, 0) is 16.1 Å². The van der Waals surface area contributed by atoms with E-state index >= 15 is 0 Å². The zero-order valence-corrected chi connectivity index (χ0v) is 16.8. The second-order valence-corrected chi connectivity index (χ2v) is 7.82. The third-order valence-electron chi connectivity index (χ3n) is 5.75. The maximum atomic E-state index is 13.0. The highest BCUT2D eigenvalue weighted by molar-refractivity contribution is 6.31. The van der Waals surface area contributed by atoms with Gasteiger partial charge in [0.25, 0.3) is 0 Å². The molecular formula is C21H25ClN4O2. The van der Waals surface area contributed by atoms with E-state index in [9.17, 15) is 9.59 Å². The molecule has 1 fully saturated rings. The average molecular weight is 401 g/mol. The van der Waals surface area contributed by atoms with Crippen molar-refractivity contribution in [2.45, 2.75) is 19.5 Å². The number of carbonyl (C=O) groups is 2. The lowest BCUT2D eigenvalue weighted by Crippen LogP contribution is -2.53. The van der Waals surface area contributed by atoms with Crippen LogP contribution in [0, 0.1) is 0 Å². The molecule has 0 aliphatic carbocycles. The maximum absolute atomic E-state index is 13.0. The second-order valence-electron chi connectivity index (χ2n) is 7.41. The number of piperazine rings is 1. The largest absolute Gasteiger partial charge is 0.348 e. The van der Waals surface area contributed by atoms with Crippen LogP contribution in [0.2, 0.25) is 5.02 Å². The van der Waals surface area contributed by atoms with Gasteiger partial charge in [-0.05, 0) is 23.8 Å². The van der Waals surface area contributed by atoms with Crippen molar-refractivity contribution in [3.63, 3.8) is 0 Å². The standard InChI is InChI=1S/C21H25ClN4O2/c1-16(27)23-9-12-25(13-10-23)20(28)15-26-14-11-24-8-4-7-19(24)21(26)17-5-2-3-6-18(17)22/h2-8,21H,9-15H2,1H3. The highest BCUT2D eigenvalue weighted by atomic mass is 35.5. The Morgan fingerprint density at radius 1 is 0.964 bits per heavy atom. The SMILES string of the molecule is CC(=O)N1CCN(C(=O)CN2CCn3cccc3C2c2ccccc2Cl)CC1. The molecule has 0 N–H and O–H groups in total. The Kier molecular flexibility index (Phi) is 5.42. The van der Waals surface area contributed by atoms with Crippen molar-refractivity contribution in [1.29, 1.82) is 0 Å². The molecule has 1 atom stereocenters. The quantitative estimate of drug-likeness (QED) is 0.793. The molecule has 2 aliphatic heterocycles. The molecule has 1 unspecified atom stereocenters. The molecule has 0 radical (unpaired) electrons. The first-order valence-electron chi connectivity index (χ1n) is 9.71. The molecule has 148 valence electrons. The lowest BCUT2D eigenvalue weighted by atomic mass is 9.99. The number of aromatic nitrogens is 1. The van der Waals surface area contributed by atoms with Crippen molar-refractivity contribution in [2.24, 2.45) is 0 Å². The van der Waals surface area contributed by atoms with Crippen LogP contribution in [0.3, 0.4) is 0 Å². The monoisotopic (exact) mass is 400 g/mol. The Bertz CT molecular complexity index is 873. The van der Waals surface area contributed by atoms with Gasteiger partial charge in [-0.25, -0.2) is 0 Å². The van der Waals surface area contributed by atoms with E-state index in [2.05, 4.69) is 21.7 Å². The predicted molar refractivity (Wildman–Crippen MR) is 108 cm³/mol. The van der Waals surface area contributed by atoms with Crippen molar-refractivity contribution in [3.8, 4) is 0 Å². The van der Waals surface area contributed by atoms with Gasteiger partial charge in [0.15, 0.2) is 0 Å². The zero-order chi connectivity index (χ0) is 19.7. The highest BCUT2D eigenvalue weighted by Gasteiger charge is 2.33. The molecule has 6 nitrogen and oxygen atoms in total. The molecule has 1 aromatic carbocycles. The summed E-state index contributed by atoms with van der Waals surface area (Å²) in [6, 6.07) is 12.0. The Labute approximate surface area is 170 Å². The van der Waals surface area contributed by atoms with Gasteiger partial charge in [-0.2, -0.15) is 0 Å². The van der Waals surface area contributed by atoms with E-state index in [0.717, 1.165) is 29.4 Å². The molecule has 0 saturated carbocycles. The number of hydrogen-bond donors (Lipinski definition) is 0. The minimum atomic E-state index is -0.0418. The summed E-state index contributed by atoms with van der Waals surface area (Å²) >= 11 is 6.52. The molecule has 2 aromatic rings. The molecule has 0 bridgehead atoms. The summed E-state index contributed by atoms with van der Waals surface area (Å²) in [7, 11) is 0. The van der Waals surface area contributed by atoms with Crippen molar-refractivity contribution >= 4 is 23.4 Å². The first-order chi connectivity index (χ1) is 13.5. The Morgan fingerprint density at radius 2 is 1.68 bits per heavy atom. The molecule has 28 heavy (non-hydrogen) atoms. The topological polar surface area (TPSA) is 48.8 Å². The fourth-order valence-electron chi connectivity index (χ4n) is 4.20. The first-order valence-corrected chi connectivity index (χ1v) is 10.1. The maximum Gasteiger partial charge on any atom is 0.236 e. The summed E-state index contributed by atoms with van der Waals surface area (Å²) in [5.41, 5.74) is 2.19. The molecule has 3 heterocycles. The van der Waals surface area contributed by atoms with E-state index in [4.69, 9.17) is 11.6 Å². The van der Waals surface area contributed by atoms with Gasteiger partial charge in [-0.3, -0.25) is 14.5 Å². The minimum Gasteiger partial charge on any atom is -0.348 e. The van der Waals surface area contributed by atoms with Crippen LogP contribution in [0.4, 0.5) is 0 Å². The van der Waals surface area contributed by atoms with Crippen molar-refractivity contribution in [1.82, 2.24) is 19.3 Å². The third-order valence-corrected chi connectivity index (χ3v) is 6.10. The highest BCUT2D eigenvalue weighted by Crippen LogP contribution is 2.35. The summed E-state index contributed by atoms with van der Waals surface area (Å²) in [5, 5.41) is 0.717. The third kappa shape index (κ3) is 3.66. The van der Waals surface area contributed by atoms with Gasteiger partial charge in [-0.1, -0.05) is 29.8 Å². The Hall–Kier alpha value is -2.31. The smallest absolute Gasteiger partial charge is 0.236 e. The van der Waals surface area contributed by atoms with Crippen molar-refractivity contribution in [2.75, 3.05) is 39.3 Å². The molecule has 7 heteroatoms. The van der Waals surface area contributed by atoms with Gasteiger partial charge in [0.05, 0.1) is 12.6 Å². The van der Waals surface area contributed by atoms with Gasteiger partial charge < -0.3 is 14.4 Å². The molecule has 4 rings (SSSR count). The molecule has 2 aliphatic rings. The first kappa shape index (κ1) is 19.0. The second kappa shape index (κ2) is 7.97. The van der Waals surface area contributed by atoms with Crippen molar-refractivity contribution < 1.29 is 9.59 Å². The van der Waals surface area contributed by atoms with Gasteiger partial charge in [0, 0.05) is 63.1 Å². The summed E-state index contributed by atoms with van der Waals surface area (Å²) in [6.07, 6.45) is 2.08. The van der Waals surface area contributed by atoms with Crippen LogP contribution in [0.5, 0.6) is 0 Å². The van der Waals surface area contributed by atoms with E-state index in [1.165, 1.54) is 0 Å². The van der Waals surface area contributed by atoms with Gasteiger partial charge in [0.1, 0.15) is 0 Å². The number of benzene rings is 1. The fourth-order valence-corrected chi connectivity index (χ4v) is 4.44. The van der Waals surface area contributed by atoms with Crippen molar-refractivity contribution in [3.05, 3.63) is 58.9 Å². The number of hydrogen-bond acceptors (Lipinski definition) is 3. The number of rotatable bonds is 3. The summed E-state index contributed by atoms with van der Waals surface area (Å²) in [6.45, 7) is 5.98. The van der Waals surface area contributed by atoms with Crippen LogP contribution >= 0.6 is 11.6 Å². The number of amides is 2. The number of halogens is 1. The average Bonchev–Trinajstić information content (AvgIpc) is 3.17. The van der Waals surface area contributed by atoms with Gasteiger partial charge >= 0.3 is 0 Å². The fraction of sp³-hybridized carbons (Fsp3) is 0.429. The molecule has 2 amide bonds. The molecule has 1 aromatic heterocycles. The van der Waals surface area contributed by atoms with Crippen LogP contribution in [0.1, 0.15) is 24.2 Å². The molecule has 0 spiro atoms. The lowest BCUT2D eigenvalue weighted by Gasteiger charge is -2.39. The minimum absolute atomic E-state index is 0.0418. The van der Waals surface area contributed by atoms with E-state index < -0.39 is 0 Å². The van der Waals surface area contributed by atoms with Crippen LogP contribution < -0.4 is 0 Å². The number of fused-ring (bicyclic) bond motifs is 1. The Balaban J connectivity index is 1.53. The van der Waals surface area contributed by atoms with E-state index in [1.807, 2.05) is 35.2 Å². The van der Waals surface area contributed by atoms with E-state index in [1.54, 1.807) is 11.8 Å². The summed E-state index contributed by atoms with van der Waals surface area (Å²) < 4.78 is 2.24. The van der Waals surface area contributed by atoms with Gasteiger partial charge in [-0.15, -0.1) is 0 Å². The van der Waals surface area contributed by atoms with E-state index in [-0.39, 0.29) is 17.9 Å². The number of carbonyl (C=O) groups excluding carboxylic acids is 2. The number of nitrogens with zero attached hydrogens (tertiary/aromatic N) is 4. The predicted octanol–water partition coefficient (Wildman–Crippen LogP) is 2.24. The molecular weight excluding hydrogens is 376 g/mol.